The van der Waals surface area contributed by atoms with Crippen LogP contribution in [-0.4, -0.2) is 24.4 Å². The van der Waals surface area contributed by atoms with Crippen molar-refractivity contribution in [2.24, 2.45) is 0 Å². The minimum absolute atomic E-state index is 0.103. The lowest BCUT2D eigenvalue weighted by atomic mass is 10.1. The number of hydrogen-bond donors (Lipinski definition) is 0. The van der Waals surface area contributed by atoms with Gasteiger partial charge in [0.25, 0.3) is 5.69 Å². The molecule has 0 spiro atoms. The molecule has 19 heavy (non-hydrogen) atoms. The lowest BCUT2D eigenvalue weighted by molar-refractivity contribution is -0.388. The molecular formula is C12H16BrNO4S. The van der Waals surface area contributed by atoms with E-state index in [9.17, 15) is 18.5 Å². The molecule has 106 valence electrons. The van der Waals surface area contributed by atoms with Crippen LogP contribution in [0.5, 0.6) is 0 Å². The van der Waals surface area contributed by atoms with Crippen LogP contribution in [0.2, 0.25) is 0 Å². The van der Waals surface area contributed by atoms with Gasteiger partial charge in [-0.1, -0.05) is 41.4 Å². The number of alkyl halides is 1. The number of hydrogen-bond acceptors (Lipinski definition) is 4. The van der Waals surface area contributed by atoms with Crippen molar-refractivity contribution in [3.05, 3.63) is 33.9 Å². The SMILES string of the molecule is CCCC(Br)Cc1cccc(S(C)(=O)=O)c1[N+](=O)[O-]. The average molecular weight is 350 g/mol. The van der Waals surface area contributed by atoms with Gasteiger partial charge in [0, 0.05) is 16.6 Å². The Hall–Kier alpha value is -0.950. The third kappa shape index (κ3) is 4.28. The largest absolute Gasteiger partial charge is 0.291 e. The van der Waals surface area contributed by atoms with E-state index in [-0.39, 0.29) is 15.4 Å². The zero-order chi connectivity index (χ0) is 14.6. The van der Waals surface area contributed by atoms with Crippen LogP contribution in [0, 0.1) is 10.1 Å². The van der Waals surface area contributed by atoms with Crippen molar-refractivity contribution in [2.45, 2.75) is 35.9 Å². The minimum atomic E-state index is -3.61. The standard InChI is InChI=1S/C12H16BrNO4S/c1-3-5-10(13)8-9-6-4-7-11(19(2,17)18)12(9)14(15)16/h4,6-7,10H,3,5,8H2,1-2H3. The van der Waals surface area contributed by atoms with Crippen LogP contribution in [0.4, 0.5) is 5.69 Å². The first kappa shape index (κ1) is 16.1. The molecular weight excluding hydrogens is 334 g/mol. The van der Waals surface area contributed by atoms with Crippen molar-refractivity contribution < 1.29 is 13.3 Å². The van der Waals surface area contributed by atoms with Gasteiger partial charge in [0.15, 0.2) is 9.84 Å². The Morgan fingerprint density at radius 2 is 2.05 bits per heavy atom. The van der Waals surface area contributed by atoms with E-state index in [1.165, 1.54) is 6.07 Å². The molecule has 0 saturated carbocycles. The fraction of sp³-hybridized carbons (Fsp3) is 0.500. The molecule has 0 amide bonds. The first-order chi connectivity index (χ1) is 8.77. The molecule has 0 aliphatic heterocycles. The van der Waals surface area contributed by atoms with Gasteiger partial charge in [-0.3, -0.25) is 10.1 Å². The van der Waals surface area contributed by atoms with Gasteiger partial charge in [-0.2, -0.15) is 0 Å². The van der Waals surface area contributed by atoms with Gasteiger partial charge < -0.3 is 0 Å². The average Bonchev–Trinajstić information content (AvgIpc) is 2.27. The number of nitro groups is 1. The predicted octanol–water partition coefficient (Wildman–Crippen LogP) is 3.10. The maximum absolute atomic E-state index is 11.6. The molecule has 5 nitrogen and oxygen atoms in total. The monoisotopic (exact) mass is 349 g/mol. The van der Waals surface area contributed by atoms with Crippen LogP contribution in [0.15, 0.2) is 23.1 Å². The van der Waals surface area contributed by atoms with Crippen molar-refractivity contribution in [1.29, 1.82) is 0 Å². The molecule has 0 aromatic heterocycles. The number of para-hydroxylation sites is 1. The Kier molecular flexibility index (Phi) is 5.49. The fourth-order valence-corrected chi connectivity index (χ4v) is 3.58. The van der Waals surface area contributed by atoms with Crippen molar-refractivity contribution in [3.63, 3.8) is 0 Å². The number of rotatable bonds is 6. The van der Waals surface area contributed by atoms with E-state index < -0.39 is 14.8 Å². The highest BCUT2D eigenvalue weighted by Gasteiger charge is 2.26. The Balaban J connectivity index is 3.29. The molecule has 1 unspecified atom stereocenters. The zero-order valence-electron chi connectivity index (χ0n) is 10.8. The van der Waals surface area contributed by atoms with Crippen molar-refractivity contribution in [2.75, 3.05) is 6.26 Å². The summed E-state index contributed by atoms with van der Waals surface area (Å²) in [4.78, 5) is 10.4. The van der Waals surface area contributed by atoms with Gasteiger partial charge in [-0.15, -0.1) is 0 Å². The molecule has 0 radical (unpaired) electrons. The van der Waals surface area contributed by atoms with Crippen molar-refractivity contribution in [1.82, 2.24) is 0 Å². The van der Waals surface area contributed by atoms with E-state index in [2.05, 4.69) is 15.9 Å². The maximum Gasteiger partial charge on any atom is 0.291 e. The van der Waals surface area contributed by atoms with Gasteiger partial charge in [0.2, 0.25) is 0 Å². The van der Waals surface area contributed by atoms with Gasteiger partial charge >= 0.3 is 0 Å². The highest BCUT2D eigenvalue weighted by molar-refractivity contribution is 9.09. The predicted molar refractivity (Wildman–Crippen MR) is 77.5 cm³/mol. The molecule has 1 atom stereocenters. The van der Waals surface area contributed by atoms with Crippen LogP contribution in [0.25, 0.3) is 0 Å². The third-order valence-electron chi connectivity index (χ3n) is 2.71. The number of sulfone groups is 1. The molecule has 0 saturated heterocycles. The van der Waals surface area contributed by atoms with E-state index in [0.717, 1.165) is 19.1 Å². The molecule has 1 rings (SSSR count). The number of halogens is 1. The van der Waals surface area contributed by atoms with Crippen LogP contribution >= 0.6 is 15.9 Å². The van der Waals surface area contributed by atoms with Crippen LogP contribution < -0.4 is 0 Å². The Bertz CT molecular complexity index is 571. The van der Waals surface area contributed by atoms with Gasteiger partial charge in [-0.25, -0.2) is 8.42 Å². The van der Waals surface area contributed by atoms with Crippen molar-refractivity contribution in [3.8, 4) is 0 Å². The third-order valence-corrected chi connectivity index (χ3v) is 4.62. The molecule has 7 heteroatoms. The van der Waals surface area contributed by atoms with E-state index >= 15 is 0 Å². The van der Waals surface area contributed by atoms with Gasteiger partial charge in [0.1, 0.15) is 4.90 Å². The molecule has 0 aliphatic carbocycles. The second-order valence-corrected chi connectivity index (χ2v) is 7.66. The Labute approximate surface area is 121 Å². The topological polar surface area (TPSA) is 77.3 Å². The minimum Gasteiger partial charge on any atom is -0.258 e. The Morgan fingerprint density at radius 1 is 1.42 bits per heavy atom. The molecule has 1 aromatic rings. The normalized spacial score (nSPS) is 13.2. The van der Waals surface area contributed by atoms with E-state index in [1.54, 1.807) is 12.1 Å². The summed E-state index contributed by atoms with van der Waals surface area (Å²) in [6.45, 7) is 2.02. The van der Waals surface area contributed by atoms with E-state index in [1.807, 2.05) is 6.92 Å². The molecule has 0 N–H and O–H groups in total. The summed E-state index contributed by atoms with van der Waals surface area (Å²) in [5.74, 6) is 0. The van der Waals surface area contributed by atoms with Gasteiger partial charge in [-0.05, 0) is 18.9 Å². The molecule has 0 heterocycles. The molecule has 0 fully saturated rings. The number of nitro benzene ring substituents is 1. The molecule has 0 bridgehead atoms. The first-order valence-electron chi connectivity index (χ1n) is 5.87. The summed E-state index contributed by atoms with van der Waals surface area (Å²) in [6.07, 6.45) is 3.25. The smallest absolute Gasteiger partial charge is 0.258 e. The lowest BCUT2D eigenvalue weighted by Crippen LogP contribution is -2.09. The van der Waals surface area contributed by atoms with Gasteiger partial charge in [0.05, 0.1) is 4.92 Å². The fourth-order valence-electron chi connectivity index (χ4n) is 1.89. The first-order valence-corrected chi connectivity index (χ1v) is 8.68. The number of nitrogens with zero attached hydrogens (tertiary/aromatic N) is 1. The maximum atomic E-state index is 11.6. The Morgan fingerprint density at radius 3 is 2.53 bits per heavy atom. The molecule has 0 aliphatic rings. The quantitative estimate of drug-likeness (QED) is 0.449. The highest BCUT2D eigenvalue weighted by Crippen LogP contribution is 2.30. The van der Waals surface area contributed by atoms with E-state index in [0.29, 0.717) is 12.0 Å². The summed E-state index contributed by atoms with van der Waals surface area (Å²) in [5, 5.41) is 11.2. The number of benzene rings is 1. The summed E-state index contributed by atoms with van der Waals surface area (Å²) in [5.41, 5.74) is 0.147. The highest BCUT2D eigenvalue weighted by atomic mass is 79.9. The summed E-state index contributed by atoms with van der Waals surface area (Å²) in [7, 11) is -3.61. The van der Waals surface area contributed by atoms with Crippen LogP contribution in [-0.2, 0) is 16.3 Å². The zero-order valence-corrected chi connectivity index (χ0v) is 13.2. The molecule has 1 aromatic carbocycles. The van der Waals surface area contributed by atoms with Crippen LogP contribution in [0.3, 0.4) is 0 Å². The second-order valence-electron chi connectivity index (χ2n) is 4.38. The lowest BCUT2D eigenvalue weighted by Gasteiger charge is -2.10. The van der Waals surface area contributed by atoms with Crippen LogP contribution in [0.1, 0.15) is 25.3 Å². The summed E-state index contributed by atoms with van der Waals surface area (Å²) >= 11 is 3.46. The summed E-state index contributed by atoms with van der Waals surface area (Å²) in [6, 6.07) is 4.43. The van der Waals surface area contributed by atoms with E-state index in [4.69, 9.17) is 0 Å². The summed E-state index contributed by atoms with van der Waals surface area (Å²) < 4.78 is 23.2. The van der Waals surface area contributed by atoms with Crippen molar-refractivity contribution >= 4 is 31.5 Å². The second kappa shape index (κ2) is 6.47.